The van der Waals surface area contributed by atoms with Crippen molar-refractivity contribution in [1.29, 1.82) is 5.26 Å². The second-order valence-electron chi connectivity index (χ2n) is 5.32. The maximum Gasteiger partial charge on any atom is 0.239 e. The van der Waals surface area contributed by atoms with Gasteiger partial charge in [-0.05, 0) is 38.1 Å². The van der Waals surface area contributed by atoms with E-state index in [9.17, 15) is 10.1 Å². The summed E-state index contributed by atoms with van der Waals surface area (Å²) in [5.41, 5.74) is 2.43. The minimum atomic E-state index is -0.0480. The molecule has 0 radical (unpaired) electrons. The number of carbonyl (C=O) groups excluding carboxylic acids is 1. The van der Waals surface area contributed by atoms with Crippen molar-refractivity contribution in [3.05, 3.63) is 29.3 Å². The van der Waals surface area contributed by atoms with Gasteiger partial charge in [0.05, 0.1) is 17.8 Å². The van der Waals surface area contributed by atoms with Crippen molar-refractivity contribution < 1.29 is 4.79 Å². The Kier molecular flexibility index (Phi) is 6.70. The van der Waals surface area contributed by atoms with Crippen LogP contribution in [-0.2, 0) is 11.3 Å². The van der Waals surface area contributed by atoms with E-state index in [1.165, 1.54) is 0 Å². The van der Waals surface area contributed by atoms with E-state index in [-0.39, 0.29) is 18.5 Å². The number of hydrogen-bond donors (Lipinski definition) is 2. The number of hydrogen-bond acceptors (Lipinski definition) is 4. The Hall–Kier alpha value is -2.06. The first-order valence-corrected chi connectivity index (χ1v) is 7.22. The molecule has 0 bridgehead atoms. The summed E-state index contributed by atoms with van der Waals surface area (Å²) in [5, 5.41) is 15.4. The van der Waals surface area contributed by atoms with Crippen molar-refractivity contribution in [3.63, 3.8) is 0 Å². The summed E-state index contributed by atoms with van der Waals surface area (Å²) in [6.07, 6.45) is 0. The molecule has 5 nitrogen and oxygen atoms in total. The number of nitrogens with one attached hydrogen (secondary N) is 2. The molecule has 0 aliphatic rings. The first-order valence-electron chi connectivity index (χ1n) is 7.22. The molecule has 0 saturated carbocycles. The summed E-state index contributed by atoms with van der Waals surface area (Å²) in [5.74, 6) is -0.0480. The highest BCUT2D eigenvalue weighted by molar-refractivity contribution is 5.82. The maximum absolute atomic E-state index is 11.8. The molecule has 1 aromatic carbocycles. The molecule has 2 N–H and O–H groups in total. The monoisotopic (exact) mass is 288 g/mol. The lowest BCUT2D eigenvalue weighted by Crippen LogP contribution is -2.38. The van der Waals surface area contributed by atoms with Crippen molar-refractivity contribution in [2.45, 2.75) is 33.4 Å². The summed E-state index contributed by atoms with van der Waals surface area (Å²) in [7, 11) is 1.82. The first kappa shape index (κ1) is 17.0. The fourth-order valence-corrected chi connectivity index (χ4v) is 2.05. The third kappa shape index (κ3) is 5.44. The smallest absolute Gasteiger partial charge is 0.239 e. The summed E-state index contributed by atoms with van der Waals surface area (Å²) < 4.78 is 0. The van der Waals surface area contributed by atoms with Crippen LogP contribution in [0.4, 0.5) is 5.69 Å². The van der Waals surface area contributed by atoms with Gasteiger partial charge in [-0.25, -0.2) is 0 Å². The van der Waals surface area contributed by atoms with E-state index < -0.39 is 0 Å². The largest absolute Gasteiger partial charge is 0.364 e. The molecule has 0 saturated heterocycles. The van der Waals surface area contributed by atoms with Crippen LogP contribution in [0.2, 0.25) is 0 Å². The van der Waals surface area contributed by atoms with Crippen LogP contribution in [0.15, 0.2) is 18.2 Å². The molecular weight excluding hydrogens is 264 g/mol. The van der Waals surface area contributed by atoms with Gasteiger partial charge in [0.1, 0.15) is 6.07 Å². The molecule has 0 unspecified atom stereocenters. The molecule has 1 aromatic rings. The summed E-state index contributed by atoms with van der Waals surface area (Å²) in [6, 6.07) is 8.07. The molecular formula is C16H24N4O. The molecule has 0 spiro atoms. The predicted octanol–water partition coefficient (Wildman–Crippen LogP) is 1.63. The molecule has 0 heterocycles. The zero-order valence-corrected chi connectivity index (χ0v) is 13.2. The quantitative estimate of drug-likeness (QED) is 0.800. The number of nitriles is 1. The summed E-state index contributed by atoms with van der Waals surface area (Å²) in [4.78, 5) is 13.6. The van der Waals surface area contributed by atoms with Crippen molar-refractivity contribution in [1.82, 2.24) is 10.6 Å². The van der Waals surface area contributed by atoms with Gasteiger partial charge in [-0.3, -0.25) is 4.79 Å². The zero-order chi connectivity index (χ0) is 15.8. The van der Waals surface area contributed by atoms with Crippen LogP contribution in [0.25, 0.3) is 0 Å². The Morgan fingerprint density at radius 2 is 2.14 bits per heavy atom. The molecule has 0 aliphatic heterocycles. The lowest BCUT2D eigenvalue weighted by molar-refractivity contribution is -0.120. The number of carbonyl (C=O) groups is 1. The topological polar surface area (TPSA) is 68.2 Å². The van der Waals surface area contributed by atoms with Gasteiger partial charge in [-0.2, -0.15) is 5.26 Å². The van der Waals surface area contributed by atoms with Crippen LogP contribution in [0.1, 0.15) is 31.9 Å². The number of amides is 1. The van der Waals surface area contributed by atoms with E-state index in [1.54, 1.807) is 4.90 Å². The fourth-order valence-electron chi connectivity index (χ4n) is 2.05. The summed E-state index contributed by atoms with van der Waals surface area (Å²) >= 11 is 0. The van der Waals surface area contributed by atoms with E-state index in [2.05, 4.69) is 16.7 Å². The second-order valence-corrected chi connectivity index (χ2v) is 5.32. The van der Waals surface area contributed by atoms with Crippen LogP contribution >= 0.6 is 0 Å². The Morgan fingerprint density at radius 1 is 1.43 bits per heavy atom. The predicted molar refractivity (Wildman–Crippen MR) is 85.1 cm³/mol. The van der Waals surface area contributed by atoms with E-state index in [0.717, 1.165) is 24.3 Å². The van der Waals surface area contributed by atoms with E-state index in [0.29, 0.717) is 5.56 Å². The van der Waals surface area contributed by atoms with Gasteiger partial charge in [0.15, 0.2) is 0 Å². The Bertz CT molecular complexity index is 519. The molecule has 0 aliphatic carbocycles. The van der Waals surface area contributed by atoms with E-state index in [4.69, 9.17) is 0 Å². The van der Waals surface area contributed by atoms with Gasteiger partial charge >= 0.3 is 0 Å². The highest BCUT2D eigenvalue weighted by Crippen LogP contribution is 2.20. The minimum absolute atomic E-state index is 0.0480. The van der Waals surface area contributed by atoms with Gasteiger partial charge in [-0.1, -0.05) is 13.0 Å². The normalized spacial score (nSPS) is 10.3. The lowest BCUT2D eigenvalue weighted by atomic mass is 10.1. The van der Waals surface area contributed by atoms with Crippen LogP contribution in [-0.4, -0.2) is 32.1 Å². The Labute approximate surface area is 126 Å². The zero-order valence-electron chi connectivity index (χ0n) is 13.2. The molecule has 114 valence electrons. The SMILES string of the molecule is CCNCc1ccc(N(C)CC(=O)NC(C)C)c(C#N)c1. The summed E-state index contributed by atoms with van der Waals surface area (Å²) in [6.45, 7) is 7.75. The van der Waals surface area contributed by atoms with Gasteiger partial charge in [0, 0.05) is 19.6 Å². The molecule has 0 fully saturated rings. The van der Waals surface area contributed by atoms with E-state index in [1.807, 2.05) is 46.0 Å². The number of rotatable bonds is 7. The molecule has 0 atom stereocenters. The van der Waals surface area contributed by atoms with Crippen LogP contribution in [0.5, 0.6) is 0 Å². The molecule has 1 amide bonds. The third-order valence-electron chi connectivity index (χ3n) is 3.00. The number of anilines is 1. The van der Waals surface area contributed by atoms with Gasteiger partial charge in [0.25, 0.3) is 0 Å². The standard InChI is InChI=1S/C16H24N4O/c1-5-18-10-13-6-7-15(14(8-13)9-17)20(4)11-16(21)19-12(2)3/h6-8,12,18H,5,10-11H2,1-4H3,(H,19,21). The minimum Gasteiger partial charge on any atom is -0.364 e. The number of nitrogens with zero attached hydrogens (tertiary/aromatic N) is 2. The average Bonchev–Trinajstić information content (AvgIpc) is 2.43. The van der Waals surface area contributed by atoms with Crippen LogP contribution in [0.3, 0.4) is 0 Å². The van der Waals surface area contributed by atoms with Gasteiger partial charge < -0.3 is 15.5 Å². The van der Waals surface area contributed by atoms with Crippen LogP contribution < -0.4 is 15.5 Å². The number of benzene rings is 1. The Balaban J connectivity index is 2.82. The van der Waals surface area contributed by atoms with Crippen molar-refractivity contribution in [2.75, 3.05) is 25.0 Å². The molecule has 1 rings (SSSR count). The molecule has 0 aromatic heterocycles. The second kappa shape index (κ2) is 8.28. The van der Waals surface area contributed by atoms with Crippen molar-refractivity contribution in [2.24, 2.45) is 0 Å². The third-order valence-corrected chi connectivity index (χ3v) is 3.00. The first-order chi connectivity index (χ1) is 9.97. The van der Waals surface area contributed by atoms with Gasteiger partial charge in [-0.15, -0.1) is 0 Å². The lowest BCUT2D eigenvalue weighted by Gasteiger charge is -2.21. The van der Waals surface area contributed by atoms with Crippen molar-refractivity contribution in [3.8, 4) is 6.07 Å². The highest BCUT2D eigenvalue weighted by Gasteiger charge is 2.12. The number of likely N-dealkylation sites (N-methyl/N-ethyl adjacent to an activating group) is 1. The van der Waals surface area contributed by atoms with Crippen LogP contribution in [0, 0.1) is 11.3 Å². The molecule has 21 heavy (non-hydrogen) atoms. The maximum atomic E-state index is 11.8. The Morgan fingerprint density at radius 3 is 2.71 bits per heavy atom. The fraction of sp³-hybridized carbons (Fsp3) is 0.500. The van der Waals surface area contributed by atoms with Crippen molar-refractivity contribution >= 4 is 11.6 Å². The average molecular weight is 288 g/mol. The van der Waals surface area contributed by atoms with Gasteiger partial charge in [0.2, 0.25) is 5.91 Å². The molecule has 5 heteroatoms. The van der Waals surface area contributed by atoms with E-state index >= 15 is 0 Å². The highest BCUT2D eigenvalue weighted by atomic mass is 16.2.